The third-order valence-electron chi connectivity index (χ3n) is 6.43. The Bertz CT molecular complexity index is 1420. The second-order valence-electron chi connectivity index (χ2n) is 8.97. The normalized spacial score (nSPS) is 22.3. The predicted octanol–water partition coefficient (Wildman–Crippen LogP) is 3.17. The molecule has 0 aromatic carbocycles. The van der Waals surface area contributed by atoms with Crippen LogP contribution in [0.5, 0.6) is 0 Å². The van der Waals surface area contributed by atoms with Gasteiger partial charge in [-0.15, -0.1) is 5.10 Å². The van der Waals surface area contributed by atoms with Crippen molar-refractivity contribution in [2.45, 2.75) is 32.5 Å². The van der Waals surface area contributed by atoms with Gasteiger partial charge in [0.15, 0.2) is 11.5 Å². The topological polar surface area (TPSA) is 97.5 Å². The maximum absolute atomic E-state index is 13.3. The van der Waals surface area contributed by atoms with Crippen LogP contribution in [0.25, 0.3) is 27.8 Å². The molecule has 0 unspecified atom stereocenters. The molecule has 0 spiro atoms. The average molecular weight is 462 g/mol. The van der Waals surface area contributed by atoms with E-state index in [9.17, 15) is 9.18 Å². The van der Waals surface area contributed by atoms with E-state index in [2.05, 4.69) is 27.1 Å². The van der Waals surface area contributed by atoms with E-state index in [-0.39, 0.29) is 18.4 Å². The highest BCUT2D eigenvalue weighted by Gasteiger charge is 2.43. The minimum absolute atomic E-state index is 0.180. The summed E-state index contributed by atoms with van der Waals surface area (Å²) >= 11 is 0. The number of hydrogen-bond acceptors (Lipinski definition) is 7. The fourth-order valence-electron chi connectivity index (χ4n) is 4.39. The predicted molar refractivity (Wildman–Crippen MR) is 126 cm³/mol. The summed E-state index contributed by atoms with van der Waals surface area (Å²) in [6.07, 6.45) is 4.77. The van der Waals surface area contributed by atoms with Crippen LogP contribution in [0.3, 0.4) is 0 Å². The first-order valence-corrected chi connectivity index (χ1v) is 11.4. The fourth-order valence-corrected chi connectivity index (χ4v) is 4.39. The SMILES string of the molecule is Cc1ncc(-c2nc3ccc(N4CCO[C@@H](C)C4)cn3n2)c2cc(NC(=O)[C@H]3C[C@H]3F)ncc12. The highest BCUT2D eigenvalue weighted by atomic mass is 19.1. The molecule has 174 valence electrons. The Labute approximate surface area is 195 Å². The summed E-state index contributed by atoms with van der Waals surface area (Å²) in [6, 6.07) is 5.77. The number of nitrogens with one attached hydrogen (secondary N) is 1. The van der Waals surface area contributed by atoms with Crippen molar-refractivity contribution in [1.82, 2.24) is 24.6 Å². The van der Waals surface area contributed by atoms with Gasteiger partial charge in [-0.25, -0.2) is 18.9 Å². The van der Waals surface area contributed by atoms with Crippen molar-refractivity contribution < 1.29 is 13.9 Å². The number of alkyl halides is 1. The Kier molecular flexibility index (Phi) is 4.91. The van der Waals surface area contributed by atoms with Gasteiger partial charge in [-0.1, -0.05) is 0 Å². The van der Waals surface area contributed by atoms with Crippen molar-refractivity contribution in [3.63, 3.8) is 0 Å². The van der Waals surface area contributed by atoms with Gasteiger partial charge in [-0.3, -0.25) is 9.78 Å². The number of carbonyl (C=O) groups excluding carboxylic acids is 1. The summed E-state index contributed by atoms with van der Waals surface area (Å²) in [7, 11) is 0. The van der Waals surface area contributed by atoms with E-state index in [0.717, 1.165) is 46.5 Å². The molecule has 4 aromatic heterocycles. The number of nitrogens with zero attached hydrogens (tertiary/aromatic N) is 6. The van der Waals surface area contributed by atoms with Crippen LogP contribution in [0.15, 0.2) is 36.8 Å². The summed E-state index contributed by atoms with van der Waals surface area (Å²) in [5.41, 5.74) is 3.33. The molecule has 1 aliphatic carbocycles. The maximum Gasteiger partial charge on any atom is 0.231 e. The van der Waals surface area contributed by atoms with Crippen molar-refractivity contribution in [3.05, 3.63) is 42.5 Å². The molecule has 1 saturated heterocycles. The molecule has 34 heavy (non-hydrogen) atoms. The molecule has 10 heteroatoms. The Morgan fingerprint density at radius 1 is 1.24 bits per heavy atom. The van der Waals surface area contributed by atoms with Crippen LogP contribution in [0.1, 0.15) is 19.0 Å². The first-order chi connectivity index (χ1) is 16.5. The third kappa shape index (κ3) is 3.73. The molecule has 0 bridgehead atoms. The summed E-state index contributed by atoms with van der Waals surface area (Å²) in [6.45, 7) is 6.32. The van der Waals surface area contributed by atoms with Gasteiger partial charge in [0.2, 0.25) is 5.91 Å². The van der Waals surface area contributed by atoms with Gasteiger partial charge < -0.3 is 15.0 Å². The molecule has 1 aliphatic heterocycles. The summed E-state index contributed by atoms with van der Waals surface area (Å²) in [5, 5.41) is 9.12. The van der Waals surface area contributed by atoms with Crippen molar-refractivity contribution in [3.8, 4) is 11.4 Å². The number of rotatable bonds is 4. The molecule has 2 aliphatic rings. The lowest BCUT2D eigenvalue weighted by Gasteiger charge is -2.32. The van der Waals surface area contributed by atoms with Gasteiger partial charge in [0, 0.05) is 47.5 Å². The van der Waals surface area contributed by atoms with E-state index in [1.165, 1.54) is 0 Å². The molecule has 1 amide bonds. The zero-order valence-electron chi connectivity index (χ0n) is 18.9. The van der Waals surface area contributed by atoms with E-state index in [4.69, 9.17) is 14.8 Å². The average Bonchev–Trinajstić information content (AvgIpc) is 3.42. The van der Waals surface area contributed by atoms with E-state index < -0.39 is 12.1 Å². The number of ether oxygens (including phenoxy) is 1. The molecule has 5 heterocycles. The Morgan fingerprint density at radius 2 is 2.09 bits per heavy atom. The van der Waals surface area contributed by atoms with Crippen LogP contribution in [0, 0.1) is 12.8 Å². The number of aromatic nitrogens is 5. The van der Waals surface area contributed by atoms with Crippen molar-refractivity contribution in [1.29, 1.82) is 0 Å². The minimum Gasteiger partial charge on any atom is -0.375 e. The van der Waals surface area contributed by atoms with Gasteiger partial charge in [0.1, 0.15) is 12.0 Å². The van der Waals surface area contributed by atoms with Gasteiger partial charge in [0.05, 0.1) is 30.5 Å². The zero-order chi connectivity index (χ0) is 23.4. The molecule has 0 radical (unpaired) electrons. The highest BCUT2D eigenvalue weighted by molar-refractivity contribution is 6.00. The van der Waals surface area contributed by atoms with Crippen LogP contribution in [-0.4, -0.2) is 62.4 Å². The van der Waals surface area contributed by atoms with Crippen LogP contribution in [0.2, 0.25) is 0 Å². The van der Waals surface area contributed by atoms with Gasteiger partial charge in [-0.2, -0.15) is 0 Å². The van der Waals surface area contributed by atoms with Gasteiger partial charge in [-0.05, 0) is 38.5 Å². The van der Waals surface area contributed by atoms with E-state index in [1.807, 2.05) is 25.3 Å². The lowest BCUT2D eigenvalue weighted by atomic mass is 10.1. The zero-order valence-corrected chi connectivity index (χ0v) is 18.9. The highest BCUT2D eigenvalue weighted by Crippen LogP contribution is 2.35. The number of morpholine rings is 1. The van der Waals surface area contributed by atoms with Crippen LogP contribution >= 0.6 is 0 Å². The Balaban J connectivity index is 1.37. The molecular formula is C24H24FN7O2. The lowest BCUT2D eigenvalue weighted by molar-refractivity contribution is -0.117. The molecule has 4 aromatic rings. The van der Waals surface area contributed by atoms with Crippen LogP contribution in [-0.2, 0) is 9.53 Å². The smallest absolute Gasteiger partial charge is 0.231 e. The second kappa shape index (κ2) is 7.98. The number of hydrogen-bond donors (Lipinski definition) is 1. The monoisotopic (exact) mass is 461 g/mol. The molecular weight excluding hydrogens is 437 g/mol. The number of fused-ring (bicyclic) bond motifs is 2. The maximum atomic E-state index is 13.3. The molecule has 9 nitrogen and oxygen atoms in total. The number of carbonyl (C=O) groups is 1. The summed E-state index contributed by atoms with van der Waals surface area (Å²) in [5.74, 6) is -0.0298. The first kappa shape index (κ1) is 20.9. The number of pyridine rings is 3. The fraction of sp³-hybridized carbons (Fsp3) is 0.375. The van der Waals surface area contributed by atoms with Crippen LogP contribution in [0.4, 0.5) is 15.9 Å². The van der Waals surface area contributed by atoms with E-state index >= 15 is 0 Å². The summed E-state index contributed by atoms with van der Waals surface area (Å²) in [4.78, 5) is 28.0. The van der Waals surface area contributed by atoms with Gasteiger partial charge in [0.25, 0.3) is 0 Å². The molecule has 3 atom stereocenters. The van der Waals surface area contributed by atoms with E-state index in [1.54, 1.807) is 23.0 Å². The quantitative estimate of drug-likeness (QED) is 0.499. The van der Waals surface area contributed by atoms with Gasteiger partial charge >= 0.3 is 0 Å². The second-order valence-corrected chi connectivity index (χ2v) is 8.97. The number of halogens is 1. The Hall–Kier alpha value is -3.66. The molecule has 1 saturated carbocycles. The van der Waals surface area contributed by atoms with Crippen LogP contribution < -0.4 is 10.2 Å². The third-order valence-corrected chi connectivity index (χ3v) is 6.43. The van der Waals surface area contributed by atoms with Crippen molar-refractivity contribution in [2.24, 2.45) is 5.92 Å². The standard InChI is InChI=1S/C24H24FN7O2/c1-13-11-31(5-6-34-13)15-3-4-22-29-23(30-32(22)12-15)19-10-26-14(2)18-9-27-21(8-16(18)19)28-24(33)17-7-20(17)25/h3-4,8-10,12-13,17,20H,5-7,11H2,1-2H3,(H,27,28,33)/t13-,17-,20+/m0/s1. The molecule has 2 fully saturated rings. The first-order valence-electron chi connectivity index (χ1n) is 11.4. The largest absolute Gasteiger partial charge is 0.375 e. The minimum atomic E-state index is -1.06. The molecule has 6 rings (SSSR count). The Morgan fingerprint density at radius 3 is 2.88 bits per heavy atom. The number of anilines is 2. The lowest BCUT2D eigenvalue weighted by Crippen LogP contribution is -2.41. The number of amides is 1. The molecule has 1 N–H and O–H groups in total. The van der Waals surface area contributed by atoms with Crippen molar-refractivity contribution in [2.75, 3.05) is 29.9 Å². The number of aryl methyl sites for hydroxylation is 1. The van der Waals surface area contributed by atoms with Crippen molar-refractivity contribution >= 4 is 33.8 Å². The summed E-state index contributed by atoms with van der Waals surface area (Å²) < 4.78 is 20.7. The van der Waals surface area contributed by atoms with E-state index in [0.29, 0.717) is 18.2 Å².